The first-order valence-corrected chi connectivity index (χ1v) is 15.6. The molecule has 0 aromatic heterocycles. The molecule has 0 aliphatic rings. The number of rotatable bonds is 14. The highest BCUT2D eigenvalue weighted by atomic mass is 36.0. The van der Waals surface area contributed by atoms with Crippen LogP contribution in [-0.4, -0.2) is 59.9 Å². The van der Waals surface area contributed by atoms with Crippen LogP contribution in [0.15, 0.2) is 0 Å². The minimum atomic E-state index is -1.67. The van der Waals surface area contributed by atoms with Gasteiger partial charge in [0, 0.05) is 57.2 Å². The molecule has 0 aliphatic heterocycles. The molecule has 0 spiro atoms. The number of carbonyl (C=O) groups is 4. The molecule has 0 aromatic rings. The summed E-state index contributed by atoms with van der Waals surface area (Å²) in [5.74, 6) is 0.786. The second-order valence-electron chi connectivity index (χ2n) is 3.97. The van der Waals surface area contributed by atoms with Crippen molar-refractivity contribution < 1.29 is 33.6 Å². The number of carboxylic acid groups (broad SMARTS) is 2. The first-order chi connectivity index (χ1) is 13.0. The summed E-state index contributed by atoms with van der Waals surface area (Å²) in [6, 6.07) is 0. The highest BCUT2D eigenvalue weighted by molar-refractivity contribution is 8.77. The second-order valence-corrected chi connectivity index (χ2v) is 12.7. The van der Waals surface area contributed by atoms with Crippen molar-refractivity contribution in [3.63, 3.8) is 0 Å². The van der Waals surface area contributed by atoms with E-state index in [1.165, 1.54) is 43.2 Å². The van der Waals surface area contributed by atoms with Crippen molar-refractivity contribution in [3.05, 3.63) is 0 Å². The van der Waals surface area contributed by atoms with Gasteiger partial charge < -0.3 is 10.2 Å². The summed E-state index contributed by atoms with van der Waals surface area (Å²) < 4.78 is 9.09. The predicted octanol–water partition coefficient (Wildman–Crippen LogP) is 5.04. The smallest absolute Gasteiger partial charge is 0.304 e. The molecule has 0 heterocycles. The van der Waals surface area contributed by atoms with Gasteiger partial charge in [0.15, 0.2) is 0 Å². The normalized spacial score (nSPS) is 9.61. The molecule has 0 aliphatic carbocycles. The molecular weight excluding hydrogens is 558 g/mol. The van der Waals surface area contributed by atoms with E-state index in [2.05, 4.69) is 21.4 Å². The zero-order chi connectivity index (χ0) is 22.4. The summed E-state index contributed by atoms with van der Waals surface area (Å²) in [4.78, 5) is 40.6. The molecule has 7 nitrogen and oxygen atoms in total. The number of carboxylic acids is 2. The average Bonchev–Trinajstić information content (AvgIpc) is 2.53. The molecule has 2 N–H and O–H groups in total. The van der Waals surface area contributed by atoms with Crippen LogP contribution in [0.4, 0.5) is 0 Å². The van der Waals surface area contributed by atoms with Gasteiger partial charge in [0.1, 0.15) is 0 Å². The fraction of sp³-hybridized carbons (Fsp3) is 0.667. The van der Waals surface area contributed by atoms with Gasteiger partial charge in [-0.3, -0.25) is 19.2 Å². The standard InChI is InChI=1S/C6H8Cl2O2S2.C6H10O4S2.Cl2OS/c7-5(9)1-3-11-12-4-2-6(8)10;7-5(8)1-3-11-12-4-2-6(9)10;1-4(2)3/h1-4H2;1-4H2,(H,7,8)(H,9,10);. The lowest BCUT2D eigenvalue weighted by molar-refractivity contribution is -0.137. The SMILES string of the molecule is O=C(Cl)CCSSCCC(=O)Cl.O=C(O)CCSSCCC(=O)O.O=S(Cl)Cl. The molecule has 16 heteroatoms. The molecule has 0 radical (unpaired) electrons. The van der Waals surface area contributed by atoms with Crippen LogP contribution in [0, 0.1) is 0 Å². The van der Waals surface area contributed by atoms with E-state index in [0.717, 1.165) is 0 Å². The number of aliphatic carboxylic acids is 2. The van der Waals surface area contributed by atoms with Gasteiger partial charge in [0.2, 0.25) is 19.7 Å². The molecular formula is C12H18Cl4O7S5. The summed E-state index contributed by atoms with van der Waals surface area (Å²) in [5.41, 5.74) is 0. The van der Waals surface area contributed by atoms with E-state index in [-0.39, 0.29) is 23.3 Å². The molecule has 166 valence electrons. The third kappa shape index (κ3) is 50.6. The minimum Gasteiger partial charge on any atom is -0.481 e. The second kappa shape index (κ2) is 26.0. The van der Waals surface area contributed by atoms with Crippen LogP contribution in [0.25, 0.3) is 0 Å². The van der Waals surface area contributed by atoms with Crippen LogP contribution in [-0.2, 0) is 28.4 Å². The maximum absolute atomic E-state index is 10.3. The van der Waals surface area contributed by atoms with E-state index < -0.39 is 21.2 Å². The highest BCUT2D eigenvalue weighted by Crippen LogP contribution is 2.23. The molecule has 0 amide bonds. The van der Waals surface area contributed by atoms with Gasteiger partial charge in [-0.05, 0) is 23.2 Å². The van der Waals surface area contributed by atoms with Crippen LogP contribution >= 0.6 is 87.7 Å². The van der Waals surface area contributed by atoms with Gasteiger partial charge in [0.25, 0.3) is 0 Å². The predicted molar refractivity (Wildman–Crippen MR) is 125 cm³/mol. The van der Waals surface area contributed by atoms with Crippen molar-refractivity contribution in [2.24, 2.45) is 0 Å². The zero-order valence-corrected chi connectivity index (χ0v) is 21.3. The third-order valence-electron chi connectivity index (χ3n) is 1.73. The van der Waals surface area contributed by atoms with Crippen molar-refractivity contribution in [1.29, 1.82) is 0 Å². The largest absolute Gasteiger partial charge is 0.481 e. The third-order valence-corrected chi connectivity index (χ3v) is 6.92. The van der Waals surface area contributed by atoms with E-state index in [1.807, 2.05) is 0 Å². The number of hydrogen-bond donors (Lipinski definition) is 2. The zero-order valence-electron chi connectivity index (χ0n) is 14.1. The molecule has 0 saturated carbocycles. The summed E-state index contributed by atoms with van der Waals surface area (Å²) in [6.07, 6.45) is 0.998. The van der Waals surface area contributed by atoms with Crippen molar-refractivity contribution in [2.45, 2.75) is 25.7 Å². The van der Waals surface area contributed by atoms with Crippen LogP contribution in [0.5, 0.6) is 0 Å². The quantitative estimate of drug-likeness (QED) is 0.164. The highest BCUT2D eigenvalue weighted by Gasteiger charge is 2.00. The van der Waals surface area contributed by atoms with Gasteiger partial charge in [-0.25, -0.2) is 4.21 Å². The summed E-state index contributed by atoms with van der Waals surface area (Å²) >= 11 is 10.2. The maximum atomic E-state index is 10.3. The van der Waals surface area contributed by atoms with Crippen molar-refractivity contribution in [2.75, 3.05) is 23.0 Å². The Morgan fingerprint density at radius 1 is 0.643 bits per heavy atom. The van der Waals surface area contributed by atoms with Crippen LogP contribution < -0.4 is 0 Å². The van der Waals surface area contributed by atoms with Crippen LogP contribution in [0.1, 0.15) is 25.7 Å². The van der Waals surface area contributed by atoms with Crippen LogP contribution in [0.2, 0.25) is 0 Å². The molecule has 0 fully saturated rings. The van der Waals surface area contributed by atoms with Crippen molar-refractivity contribution in [3.8, 4) is 0 Å². The first-order valence-electron chi connectivity index (χ1n) is 7.02. The first kappa shape index (κ1) is 33.6. The topological polar surface area (TPSA) is 126 Å². The van der Waals surface area contributed by atoms with Crippen molar-refractivity contribution >= 4 is 119 Å². The lowest BCUT2D eigenvalue weighted by atomic mass is 10.5. The number of carbonyl (C=O) groups excluding carboxylic acids is 2. The molecule has 28 heavy (non-hydrogen) atoms. The number of hydrogen-bond acceptors (Lipinski definition) is 9. The Bertz CT molecular complexity index is 409. The van der Waals surface area contributed by atoms with Gasteiger partial charge in [-0.1, -0.05) is 43.2 Å². The minimum absolute atomic E-state index is 0.130. The Balaban J connectivity index is -0.000000375. The Morgan fingerprint density at radius 2 is 0.857 bits per heavy atom. The van der Waals surface area contributed by atoms with Gasteiger partial charge in [0.05, 0.1) is 12.8 Å². The van der Waals surface area contributed by atoms with E-state index in [4.69, 9.17) is 37.6 Å². The average molecular weight is 576 g/mol. The number of halogens is 4. The molecule has 0 bridgehead atoms. The fourth-order valence-electron chi connectivity index (χ4n) is 0.737. The Labute approximate surface area is 200 Å². The summed E-state index contributed by atoms with van der Waals surface area (Å²) in [5, 5.41) is 15.8. The van der Waals surface area contributed by atoms with E-state index >= 15 is 0 Å². The summed E-state index contributed by atoms with van der Waals surface area (Å²) in [7, 11) is 13.2. The maximum Gasteiger partial charge on any atom is 0.304 e. The molecule has 0 saturated heterocycles. The lowest BCUT2D eigenvalue weighted by Crippen LogP contribution is -1.96. The molecule has 0 rings (SSSR count). The van der Waals surface area contributed by atoms with E-state index in [9.17, 15) is 19.2 Å². The van der Waals surface area contributed by atoms with Gasteiger partial charge >= 0.3 is 11.9 Å². The van der Waals surface area contributed by atoms with E-state index in [1.54, 1.807) is 0 Å². The van der Waals surface area contributed by atoms with Crippen LogP contribution in [0.3, 0.4) is 0 Å². The monoisotopic (exact) mass is 574 g/mol. The van der Waals surface area contributed by atoms with Gasteiger partial charge in [-0.15, -0.1) is 0 Å². The fourth-order valence-corrected chi connectivity index (χ4v) is 5.09. The van der Waals surface area contributed by atoms with Gasteiger partial charge in [-0.2, -0.15) is 0 Å². The molecule has 0 aromatic carbocycles. The molecule has 0 atom stereocenters. The lowest BCUT2D eigenvalue weighted by Gasteiger charge is -1.95. The Hall–Kier alpha value is 0.990. The van der Waals surface area contributed by atoms with Crippen molar-refractivity contribution in [1.82, 2.24) is 0 Å². The molecule has 0 unspecified atom stereocenters. The summed E-state index contributed by atoms with van der Waals surface area (Å²) in [6.45, 7) is 0. The Kier molecular flexibility index (Phi) is 31.3. The Morgan fingerprint density at radius 3 is 1.04 bits per heavy atom. The van der Waals surface area contributed by atoms with E-state index in [0.29, 0.717) is 35.9 Å².